The molecule has 1 amide bonds. The first kappa shape index (κ1) is 11.8. The minimum atomic E-state index is -0.519. The third kappa shape index (κ3) is 4.18. The Morgan fingerprint density at radius 3 is 2.40 bits per heavy atom. The maximum Gasteiger partial charge on any atom is 0.408 e. The summed E-state index contributed by atoms with van der Waals surface area (Å²) in [5.74, 6) is 0.318. The van der Waals surface area contributed by atoms with E-state index in [-0.39, 0.29) is 11.9 Å². The molecule has 0 aromatic heterocycles. The van der Waals surface area contributed by atoms with Gasteiger partial charge in [0.2, 0.25) is 0 Å². The summed E-state index contributed by atoms with van der Waals surface area (Å²) in [5.41, 5.74) is 4.88. The fraction of sp³-hybridized carbons (Fsp3) is 0.800. The highest BCUT2D eigenvalue weighted by Gasteiger charge is 2.35. The Kier molecular flexibility index (Phi) is 3.21. The molecular weight excluding hydrogens is 194 g/mol. The van der Waals surface area contributed by atoms with Crippen LogP contribution >= 0.6 is 0 Å². The summed E-state index contributed by atoms with van der Waals surface area (Å²) in [6, 6.07) is -0.361. The third-order valence-electron chi connectivity index (χ3n) is 2.10. The van der Waals surface area contributed by atoms with Crippen molar-refractivity contribution in [2.24, 2.45) is 11.7 Å². The number of nitrogens with one attached hydrogen (secondary N) is 2. The molecule has 0 heterocycles. The van der Waals surface area contributed by atoms with Gasteiger partial charge in [0.15, 0.2) is 0 Å². The number of carbonyl (C=O) groups excluding carboxylic acids is 1. The Hall–Kier alpha value is -1.26. The van der Waals surface area contributed by atoms with E-state index in [1.54, 1.807) is 20.8 Å². The van der Waals surface area contributed by atoms with Crippen LogP contribution in [0.2, 0.25) is 0 Å². The monoisotopic (exact) mass is 213 g/mol. The van der Waals surface area contributed by atoms with E-state index in [0.717, 1.165) is 12.8 Å². The van der Waals surface area contributed by atoms with E-state index in [4.69, 9.17) is 15.9 Å². The summed E-state index contributed by atoms with van der Waals surface area (Å²) < 4.78 is 5.09. The Morgan fingerprint density at radius 1 is 1.53 bits per heavy atom. The topological polar surface area (TPSA) is 88.2 Å². The molecule has 0 bridgehead atoms. The lowest BCUT2D eigenvalue weighted by Crippen LogP contribution is -2.47. The molecule has 0 aromatic rings. The van der Waals surface area contributed by atoms with Crippen LogP contribution in [0.4, 0.5) is 4.79 Å². The van der Waals surface area contributed by atoms with E-state index in [9.17, 15) is 4.79 Å². The second-order valence-electron chi connectivity index (χ2n) is 4.92. The molecule has 15 heavy (non-hydrogen) atoms. The molecule has 1 atom stereocenters. The first-order valence-corrected chi connectivity index (χ1v) is 5.13. The molecule has 5 nitrogen and oxygen atoms in total. The lowest BCUT2D eigenvalue weighted by atomic mass is 10.1. The second-order valence-corrected chi connectivity index (χ2v) is 4.92. The maximum atomic E-state index is 11.4. The number of ether oxygens (including phenoxy) is 1. The van der Waals surface area contributed by atoms with E-state index >= 15 is 0 Å². The zero-order chi connectivity index (χ0) is 11.6. The van der Waals surface area contributed by atoms with Gasteiger partial charge in [0.1, 0.15) is 11.4 Å². The zero-order valence-corrected chi connectivity index (χ0v) is 9.46. The fourth-order valence-electron chi connectivity index (χ4n) is 1.31. The number of rotatable bonds is 3. The number of alkyl carbamates (subject to hydrolysis) is 1. The molecule has 5 heteroatoms. The molecule has 4 N–H and O–H groups in total. The Balaban J connectivity index is 2.44. The summed E-state index contributed by atoms with van der Waals surface area (Å²) in [4.78, 5) is 11.4. The quantitative estimate of drug-likeness (QED) is 0.486. The van der Waals surface area contributed by atoms with Gasteiger partial charge < -0.3 is 15.8 Å². The van der Waals surface area contributed by atoms with Crippen molar-refractivity contribution in [1.29, 1.82) is 5.41 Å². The fourth-order valence-corrected chi connectivity index (χ4v) is 1.31. The Labute approximate surface area is 89.9 Å². The lowest BCUT2D eigenvalue weighted by molar-refractivity contribution is 0.0513. The van der Waals surface area contributed by atoms with Crippen LogP contribution in [-0.4, -0.2) is 23.6 Å². The highest BCUT2D eigenvalue weighted by atomic mass is 16.6. The first-order chi connectivity index (χ1) is 6.79. The molecule has 1 rings (SSSR count). The average Bonchev–Trinajstić information content (AvgIpc) is 2.78. The van der Waals surface area contributed by atoms with Crippen molar-refractivity contribution >= 4 is 11.9 Å². The van der Waals surface area contributed by atoms with Crippen LogP contribution in [0.1, 0.15) is 33.6 Å². The van der Waals surface area contributed by atoms with Gasteiger partial charge in [0.05, 0.1) is 6.04 Å². The number of nitrogens with two attached hydrogens (primary N) is 1. The molecular formula is C10H19N3O2. The zero-order valence-electron chi connectivity index (χ0n) is 9.46. The van der Waals surface area contributed by atoms with Crippen molar-refractivity contribution in [2.75, 3.05) is 0 Å². The van der Waals surface area contributed by atoms with Gasteiger partial charge >= 0.3 is 6.09 Å². The number of hydrogen-bond donors (Lipinski definition) is 3. The largest absolute Gasteiger partial charge is 0.444 e. The normalized spacial score (nSPS) is 18.1. The minimum absolute atomic E-state index is 0.00311. The van der Waals surface area contributed by atoms with Crippen molar-refractivity contribution in [1.82, 2.24) is 5.32 Å². The van der Waals surface area contributed by atoms with Crippen molar-refractivity contribution in [3.63, 3.8) is 0 Å². The van der Waals surface area contributed by atoms with E-state index in [1.807, 2.05) is 0 Å². The number of hydrogen-bond acceptors (Lipinski definition) is 3. The molecule has 0 unspecified atom stereocenters. The summed E-state index contributed by atoms with van der Waals surface area (Å²) in [6.07, 6.45) is 1.52. The summed E-state index contributed by atoms with van der Waals surface area (Å²) in [5, 5.41) is 9.98. The van der Waals surface area contributed by atoms with Crippen molar-refractivity contribution in [3.05, 3.63) is 0 Å². The van der Waals surface area contributed by atoms with E-state index < -0.39 is 11.7 Å². The lowest BCUT2D eigenvalue weighted by Gasteiger charge is -2.22. The number of carbonyl (C=O) groups is 1. The Morgan fingerprint density at radius 2 is 2.07 bits per heavy atom. The van der Waals surface area contributed by atoms with Gasteiger partial charge in [0.25, 0.3) is 0 Å². The summed E-state index contributed by atoms with van der Waals surface area (Å²) >= 11 is 0. The third-order valence-corrected chi connectivity index (χ3v) is 2.10. The van der Waals surface area contributed by atoms with Gasteiger partial charge in [0, 0.05) is 0 Å². The van der Waals surface area contributed by atoms with E-state index in [0.29, 0.717) is 5.92 Å². The maximum absolute atomic E-state index is 11.4. The smallest absolute Gasteiger partial charge is 0.408 e. The van der Waals surface area contributed by atoms with Crippen molar-refractivity contribution < 1.29 is 9.53 Å². The SMILES string of the molecule is CC(C)(C)OC(=O)N[C@@H](C(=N)N)C1CC1. The van der Waals surface area contributed by atoms with Crippen LogP contribution in [0, 0.1) is 11.3 Å². The predicted molar refractivity (Wildman–Crippen MR) is 57.8 cm³/mol. The predicted octanol–water partition coefficient (Wildman–Crippen LogP) is 1.23. The molecule has 1 fully saturated rings. The number of amidine groups is 1. The molecule has 0 aromatic carbocycles. The molecule has 1 aliphatic rings. The molecule has 0 radical (unpaired) electrons. The molecule has 0 saturated heterocycles. The molecule has 0 aliphatic heterocycles. The molecule has 86 valence electrons. The average molecular weight is 213 g/mol. The van der Waals surface area contributed by atoms with Crippen LogP contribution in [0.5, 0.6) is 0 Å². The molecule has 1 aliphatic carbocycles. The van der Waals surface area contributed by atoms with Gasteiger partial charge in [-0.25, -0.2) is 4.79 Å². The number of amides is 1. The van der Waals surface area contributed by atoms with Crippen LogP contribution in [0.3, 0.4) is 0 Å². The van der Waals surface area contributed by atoms with E-state index in [2.05, 4.69) is 5.32 Å². The van der Waals surface area contributed by atoms with Gasteiger partial charge in [-0.1, -0.05) is 0 Å². The second kappa shape index (κ2) is 4.08. The van der Waals surface area contributed by atoms with Crippen LogP contribution < -0.4 is 11.1 Å². The van der Waals surface area contributed by atoms with Crippen LogP contribution in [-0.2, 0) is 4.74 Å². The van der Waals surface area contributed by atoms with Crippen LogP contribution in [0.25, 0.3) is 0 Å². The molecule has 1 saturated carbocycles. The van der Waals surface area contributed by atoms with E-state index in [1.165, 1.54) is 0 Å². The molecule has 0 spiro atoms. The van der Waals surface area contributed by atoms with Crippen molar-refractivity contribution in [2.45, 2.75) is 45.3 Å². The van der Waals surface area contributed by atoms with Gasteiger partial charge in [-0.15, -0.1) is 0 Å². The van der Waals surface area contributed by atoms with Crippen LogP contribution in [0.15, 0.2) is 0 Å². The van der Waals surface area contributed by atoms with Gasteiger partial charge in [-0.05, 0) is 39.5 Å². The highest BCUT2D eigenvalue weighted by Crippen LogP contribution is 2.32. The highest BCUT2D eigenvalue weighted by molar-refractivity contribution is 5.87. The summed E-state index contributed by atoms with van der Waals surface area (Å²) in [6.45, 7) is 5.39. The first-order valence-electron chi connectivity index (χ1n) is 5.13. The summed E-state index contributed by atoms with van der Waals surface area (Å²) in [7, 11) is 0. The van der Waals surface area contributed by atoms with Gasteiger partial charge in [-0.2, -0.15) is 0 Å². The van der Waals surface area contributed by atoms with Gasteiger partial charge in [-0.3, -0.25) is 5.41 Å². The standard InChI is InChI=1S/C10H19N3O2/c1-10(2,3)15-9(14)13-7(8(11)12)6-4-5-6/h6-7H,4-5H2,1-3H3,(H3,11,12)(H,13,14)/t7-/m1/s1. The Bertz CT molecular complexity index is 266. The minimum Gasteiger partial charge on any atom is -0.444 e. The van der Waals surface area contributed by atoms with Crippen molar-refractivity contribution in [3.8, 4) is 0 Å².